The van der Waals surface area contributed by atoms with Crippen molar-refractivity contribution in [1.82, 2.24) is 4.90 Å². The molecule has 0 aromatic heterocycles. The van der Waals surface area contributed by atoms with Crippen LogP contribution in [0.25, 0.3) is 0 Å². The average Bonchev–Trinajstić information content (AvgIpc) is 3.07. The Balaban J connectivity index is 0.000000269. The standard InChI is InChI=1S/C24H38N2O4.2C7H8O3S/c1-14(2)9-17-13-26-8-7-16-10-21(28-5)22(29-6)11-18(16)19(26)12-20(17)30-24(27)23(25)15(3)4;2*1-6-2-4-7(5-3-6)11(8,9)10/h10-11,14-15,17,19-20,23H,7-9,12-13,25H2,1-6H3;2*2-5H,1H3,(H,8,9,10)/t17-,19-,20?,23+;;/m1../s1. The average molecular weight is 763 g/mol. The van der Waals surface area contributed by atoms with Crippen molar-refractivity contribution in [2.75, 3.05) is 27.3 Å². The maximum Gasteiger partial charge on any atom is 0.323 e. The zero-order valence-corrected chi connectivity index (χ0v) is 32.9. The number of ether oxygens (including phenoxy) is 3. The van der Waals surface area contributed by atoms with Crippen LogP contribution in [0.3, 0.4) is 0 Å². The van der Waals surface area contributed by atoms with Crippen LogP contribution < -0.4 is 15.2 Å². The number of hydrogen-bond acceptors (Lipinski definition) is 10. The molecule has 1 fully saturated rings. The van der Waals surface area contributed by atoms with Gasteiger partial charge in [-0.15, -0.1) is 0 Å². The normalized spacial score (nSPS) is 19.2. The molecule has 4 N–H and O–H groups in total. The predicted molar refractivity (Wildman–Crippen MR) is 200 cm³/mol. The first-order valence-electron chi connectivity index (χ1n) is 17.3. The Morgan fingerprint density at radius 2 is 1.33 bits per heavy atom. The highest BCUT2D eigenvalue weighted by Gasteiger charge is 2.41. The van der Waals surface area contributed by atoms with Crippen LogP contribution in [0.4, 0.5) is 0 Å². The van der Waals surface area contributed by atoms with E-state index in [0.29, 0.717) is 11.8 Å². The lowest BCUT2D eigenvalue weighted by molar-refractivity contribution is -0.160. The van der Waals surface area contributed by atoms with Gasteiger partial charge in [0, 0.05) is 31.5 Å². The van der Waals surface area contributed by atoms with Gasteiger partial charge in [-0.25, -0.2) is 0 Å². The third kappa shape index (κ3) is 12.0. The van der Waals surface area contributed by atoms with Crippen LogP contribution in [0.1, 0.15) is 68.8 Å². The second-order valence-corrected chi connectivity index (χ2v) is 17.0. The summed E-state index contributed by atoms with van der Waals surface area (Å²) < 4.78 is 76.2. The maximum atomic E-state index is 12.7. The van der Waals surface area contributed by atoms with Gasteiger partial charge in [0.25, 0.3) is 20.2 Å². The Labute approximate surface area is 309 Å². The highest BCUT2D eigenvalue weighted by Crippen LogP contribution is 2.44. The van der Waals surface area contributed by atoms with Crippen molar-refractivity contribution >= 4 is 26.2 Å². The molecular formula is C38H54N2O10S2. The first kappa shape index (κ1) is 42.9. The Kier molecular flexibility index (Phi) is 15.2. The van der Waals surface area contributed by atoms with Crippen molar-refractivity contribution in [3.63, 3.8) is 0 Å². The summed E-state index contributed by atoms with van der Waals surface area (Å²) >= 11 is 0. The molecule has 288 valence electrons. The first-order valence-corrected chi connectivity index (χ1v) is 20.2. The molecule has 1 saturated heterocycles. The molecule has 2 aliphatic rings. The number of rotatable bonds is 9. The van der Waals surface area contributed by atoms with Crippen molar-refractivity contribution in [3.8, 4) is 11.5 Å². The van der Waals surface area contributed by atoms with Crippen molar-refractivity contribution < 1.29 is 44.9 Å². The molecule has 0 radical (unpaired) electrons. The third-order valence-electron chi connectivity index (χ3n) is 9.23. The number of piperidine rings is 1. The van der Waals surface area contributed by atoms with Crippen LogP contribution in [0, 0.1) is 31.6 Å². The van der Waals surface area contributed by atoms with E-state index in [2.05, 4.69) is 30.9 Å². The smallest absolute Gasteiger partial charge is 0.323 e. The lowest BCUT2D eigenvalue weighted by Crippen LogP contribution is -2.51. The summed E-state index contributed by atoms with van der Waals surface area (Å²) in [6.45, 7) is 14.0. The molecule has 5 rings (SSSR count). The molecule has 12 nitrogen and oxygen atoms in total. The number of esters is 1. The van der Waals surface area contributed by atoms with E-state index in [9.17, 15) is 21.6 Å². The Morgan fingerprint density at radius 3 is 1.75 bits per heavy atom. The van der Waals surface area contributed by atoms with E-state index >= 15 is 0 Å². The summed E-state index contributed by atoms with van der Waals surface area (Å²) in [6.07, 6.45) is 2.70. The van der Waals surface area contributed by atoms with Gasteiger partial charge in [-0.05, 0) is 86.1 Å². The zero-order chi connectivity index (χ0) is 39.0. The minimum Gasteiger partial charge on any atom is -0.493 e. The Bertz CT molecular complexity index is 1770. The molecular weight excluding hydrogens is 709 g/mol. The summed E-state index contributed by atoms with van der Waals surface area (Å²) in [5.41, 5.74) is 10.6. The number of nitrogens with zero attached hydrogens (tertiary/aromatic N) is 1. The van der Waals surface area contributed by atoms with Crippen molar-refractivity contribution in [2.24, 2.45) is 23.5 Å². The number of aryl methyl sites for hydroxylation is 2. The van der Waals surface area contributed by atoms with Crippen LogP contribution in [0.5, 0.6) is 11.5 Å². The Morgan fingerprint density at radius 1 is 0.846 bits per heavy atom. The molecule has 0 bridgehead atoms. The van der Waals surface area contributed by atoms with Gasteiger partial charge < -0.3 is 19.9 Å². The lowest BCUT2D eigenvalue weighted by Gasteiger charge is -2.47. The van der Waals surface area contributed by atoms with Crippen LogP contribution in [-0.4, -0.2) is 76.3 Å². The third-order valence-corrected chi connectivity index (χ3v) is 11.0. The monoisotopic (exact) mass is 762 g/mol. The van der Waals surface area contributed by atoms with Crippen molar-refractivity contribution in [3.05, 3.63) is 82.9 Å². The summed E-state index contributed by atoms with van der Waals surface area (Å²) in [7, 11) is -4.70. The van der Waals surface area contributed by atoms with Crippen LogP contribution in [0.15, 0.2) is 70.5 Å². The number of benzene rings is 3. The minimum absolute atomic E-state index is 0.0632. The summed E-state index contributed by atoms with van der Waals surface area (Å²) in [5.74, 6) is 2.18. The molecule has 0 amide bonds. The second kappa shape index (κ2) is 18.5. The van der Waals surface area contributed by atoms with Crippen molar-refractivity contribution in [2.45, 2.75) is 88.8 Å². The van der Waals surface area contributed by atoms with E-state index in [1.807, 2.05) is 27.7 Å². The number of hydrogen-bond donors (Lipinski definition) is 3. The van der Waals surface area contributed by atoms with Gasteiger partial charge in [-0.3, -0.25) is 18.8 Å². The number of carbonyl (C=O) groups is 1. The molecule has 14 heteroatoms. The number of carbonyl (C=O) groups excluding carboxylic acids is 1. The molecule has 52 heavy (non-hydrogen) atoms. The fraction of sp³-hybridized carbons (Fsp3) is 0.500. The van der Waals surface area contributed by atoms with E-state index in [1.54, 1.807) is 38.5 Å². The maximum absolute atomic E-state index is 12.7. The molecule has 2 heterocycles. The molecule has 1 unspecified atom stereocenters. The van der Waals surface area contributed by atoms with Crippen LogP contribution in [0.2, 0.25) is 0 Å². The van der Waals surface area contributed by atoms with Gasteiger partial charge in [0.1, 0.15) is 12.1 Å². The molecule has 4 atom stereocenters. The minimum atomic E-state index is -4.02. The number of methoxy groups -OCH3 is 2. The van der Waals surface area contributed by atoms with Gasteiger partial charge in [-0.1, -0.05) is 63.1 Å². The largest absolute Gasteiger partial charge is 0.493 e. The molecule has 0 aliphatic carbocycles. The predicted octanol–water partition coefficient (Wildman–Crippen LogP) is 6.05. The molecule has 0 saturated carbocycles. The van der Waals surface area contributed by atoms with Gasteiger partial charge in [0.05, 0.1) is 24.0 Å². The van der Waals surface area contributed by atoms with Crippen LogP contribution >= 0.6 is 0 Å². The quantitative estimate of drug-likeness (QED) is 0.170. The Hall–Kier alpha value is -3.53. The van der Waals surface area contributed by atoms with Gasteiger partial charge in [0.2, 0.25) is 0 Å². The van der Waals surface area contributed by atoms with E-state index < -0.39 is 26.3 Å². The summed E-state index contributed by atoms with van der Waals surface area (Å²) in [4.78, 5) is 15.1. The number of nitrogens with two attached hydrogens (primary N) is 1. The van der Waals surface area contributed by atoms with E-state index in [1.165, 1.54) is 35.4 Å². The first-order chi connectivity index (χ1) is 24.2. The van der Waals surface area contributed by atoms with Crippen molar-refractivity contribution in [1.29, 1.82) is 0 Å². The van der Waals surface area contributed by atoms with E-state index in [4.69, 9.17) is 29.0 Å². The van der Waals surface area contributed by atoms with Gasteiger partial charge >= 0.3 is 5.97 Å². The highest BCUT2D eigenvalue weighted by molar-refractivity contribution is 7.86. The summed E-state index contributed by atoms with van der Waals surface area (Å²) in [6, 6.07) is 15.8. The molecule has 0 spiro atoms. The van der Waals surface area contributed by atoms with Gasteiger partial charge in [-0.2, -0.15) is 16.8 Å². The topological polar surface area (TPSA) is 183 Å². The van der Waals surface area contributed by atoms with E-state index in [-0.39, 0.29) is 33.8 Å². The molecule has 3 aromatic carbocycles. The zero-order valence-electron chi connectivity index (χ0n) is 31.3. The fourth-order valence-electron chi connectivity index (χ4n) is 6.30. The fourth-order valence-corrected chi connectivity index (χ4v) is 7.26. The van der Waals surface area contributed by atoms with Gasteiger partial charge in [0.15, 0.2) is 11.5 Å². The SMILES string of the molecule is COc1cc2c(cc1OC)[C@H]1CC(OC(=O)[C@@H](N)C(C)C)[C@H](CC(C)C)CN1CC2.Cc1ccc(S(=O)(=O)O)cc1.Cc1ccc(S(=O)(=O)O)cc1. The lowest BCUT2D eigenvalue weighted by atomic mass is 9.79. The molecule has 3 aromatic rings. The summed E-state index contributed by atoms with van der Waals surface area (Å²) in [5, 5.41) is 0. The molecule has 2 aliphatic heterocycles. The number of fused-ring (bicyclic) bond motifs is 3. The second-order valence-electron chi connectivity index (χ2n) is 14.1. The van der Waals surface area contributed by atoms with E-state index in [0.717, 1.165) is 55.0 Å². The van der Waals surface area contributed by atoms with Crippen LogP contribution in [-0.2, 0) is 36.2 Å². The highest BCUT2D eigenvalue weighted by atomic mass is 32.2.